The number of aromatic amines is 1. The van der Waals surface area contributed by atoms with Crippen LogP contribution in [0.5, 0.6) is 0 Å². The summed E-state index contributed by atoms with van der Waals surface area (Å²) in [6.45, 7) is -0.316. The molecule has 2 aromatic heterocycles. The van der Waals surface area contributed by atoms with Crippen LogP contribution in [0.1, 0.15) is 5.82 Å². The highest BCUT2D eigenvalue weighted by atomic mass is 16.3. The van der Waals surface area contributed by atoms with Crippen LogP contribution in [0.3, 0.4) is 0 Å². The fraction of sp³-hybridized carbons (Fsp3) is 0.0833. The van der Waals surface area contributed by atoms with Gasteiger partial charge in [-0.1, -0.05) is 18.2 Å². The number of benzene rings is 1. The minimum atomic E-state index is -0.316. The molecule has 0 aliphatic carbocycles. The molecule has 90 valence electrons. The Morgan fingerprint density at radius 2 is 2.06 bits per heavy atom. The lowest BCUT2D eigenvalue weighted by Gasteiger charge is -2.02. The second-order valence-electron chi connectivity index (χ2n) is 3.79. The van der Waals surface area contributed by atoms with Crippen LogP contribution in [-0.4, -0.2) is 24.6 Å². The van der Waals surface area contributed by atoms with Crippen molar-refractivity contribution >= 4 is 11.2 Å². The molecule has 1 aromatic carbocycles. The van der Waals surface area contributed by atoms with Crippen molar-refractivity contribution < 1.29 is 5.11 Å². The average molecular weight is 242 g/mol. The van der Waals surface area contributed by atoms with E-state index in [-0.39, 0.29) is 18.0 Å². The van der Waals surface area contributed by atoms with Crippen LogP contribution in [0, 0.1) is 0 Å². The Labute approximate surface area is 102 Å². The average Bonchev–Trinajstić information content (AvgIpc) is 2.84. The summed E-state index contributed by atoms with van der Waals surface area (Å²) in [5.74, 6) is 0.214. The van der Waals surface area contributed by atoms with Gasteiger partial charge >= 0.3 is 0 Å². The number of hydrogen-bond acceptors (Lipinski definition) is 4. The summed E-state index contributed by atoms with van der Waals surface area (Å²) in [6.07, 6.45) is 1.55. The van der Waals surface area contributed by atoms with Crippen molar-refractivity contribution in [3.05, 3.63) is 52.8 Å². The molecule has 6 nitrogen and oxygen atoms in total. The number of nitrogens with zero attached hydrogens (tertiary/aromatic N) is 3. The molecular formula is C12H10N4O2. The predicted molar refractivity (Wildman–Crippen MR) is 65.4 cm³/mol. The van der Waals surface area contributed by atoms with Crippen molar-refractivity contribution in [3.8, 4) is 5.69 Å². The summed E-state index contributed by atoms with van der Waals surface area (Å²) in [7, 11) is 0. The van der Waals surface area contributed by atoms with Gasteiger partial charge < -0.3 is 10.1 Å². The first-order valence-corrected chi connectivity index (χ1v) is 5.42. The van der Waals surface area contributed by atoms with Gasteiger partial charge in [0, 0.05) is 5.69 Å². The van der Waals surface area contributed by atoms with E-state index in [1.165, 1.54) is 0 Å². The molecule has 3 aromatic rings. The second kappa shape index (κ2) is 4.08. The zero-order valence-electron chi connectivity index (χ0n) is 9.37. The maximum atomic E-state index is 11.9. The number of aliphatic hydroxyl groups excluding tert-OH is 1. The summed E-state index contributed by atoms with van der Waals surface area (Å²) < 4.78 is 1.67. The molecule has 0 atom stereocenters. The number of para-hydroxylation sites is 1. The van der Waals surface area contributed by atoms with Gasteiger partial charge in [0.05, 0.1) is 0 Å². The molecule has 0 bridgehead atoms. The Kier molecular flexibility index (Phi) is 2.42. The van der Waals surface area contributed by atoms with Gasteiger partial charge in [0.1, 0.15) is 18.8 Å². The van der Waals surface area contributed by atoms with E-state index in [4.69, 9.17) is 5.11 Å². The molecule has 0 spiro atoms. The van der Waals surface area contributed by atoms with Gasteiger partial charge in [0.2, 0.25) is 0 Å². The summed E-state index contributed by atoms with van der Waals surface area (Å²) >= 11 is 0. The Bertz CT molecular complexity index is 746. The molecule has 0 radical (unpaired) electrons. The van der Waals surface area contributed by atoms with E-state index in [9.17, 15) is 4.79 Å². The molecule has 0 amide bonds. The molecular weight excluding hydrogens is 232 g/mol. The van der Waals surface area contributed by atoms with Crippen LogP contribution in [-0.2, 0) is 6.61 Å². The van der Waals surface area contributed by atoms with E-state index in [2.05, 4.69) is 15.0 Å². The summed E-state index contributed by atoms with van der Waals surface area (Å²) in [5.41, 5.74) is 1.22. The molecule has 3 rings (SSSR count). The zero-order valence-corrected chi connectivity index (χ0v) is 9.37. The number of aromatic nitrogens is 4. The SMILES string of the molecule is O=c1[nH]c(CO)nc2ncn(-c3ccccc3)c12. The third-order valence-corrected chi connectivity index (χ3v) is 2.65. The van der Waals surface area contributed by atoms with Gasteiger partial charge in [-0.3, -0.25) is 9.36 Å². The Balaban J connectivity index is 2.30. The van der Waals surface area contributed by atoms with E-state index >= 15 is 0 Å². The first-order valence-electron chi connectivity index (χ1n) is 5.42. The number of H-pyrrole nitrogens is 1. The van der Waals surface area contributed by atoms with Crippen molar-refractivity contribution in [2.24, 2.45) is 0 Å². The number of rotatable bonds is 2. The highest BCUT2D eigenvalue weighted by Gasteiger charge is 2.10. The van der Waals surface area contributed by atoms with Gasteiger partial charge in [-0.25, -0.2) is 9.97 Å². The summed E-state index contributed by atoms with van der Waals surface area (Å²) in [6, 6.07) is 9.41. The predicted octanol–water partition coefficient (Wildman–Crippen LogP) is 0.601. The van der Waals surface area contributed by atoms with Crippen molar-refractivity contribution in [1.29, 1.82) is 0 Å². The van der Waals surface area contributed by atoms with E-state index in [1.54, 1.807) is 10.9 Å². The monoisotopic (exact) mass is 242 g/mol. The smallest absolute Gasteiger partial charge is 0.277 e. The first kappa shape index (κ1) is 10.7. The molecule has 0 aliphatic rings. The number of fused-ring (bicyclic) bond motifs is 1. The summed E-state index contributed by atoms with van der Waals surface area (Å²) in [5, 5.41) is 8.98. The van der Waals surface area contributed by atoms with E-state index in [0.717, 1.165) is 5.69 Å². The molecule has 0 fully saturated rings. The number of nitrogens with one attached hydrogen (secondary N) is 1. The maximum absolute atomic E-state index is 11.9. The zero-order chi connectivity index (χ0) is 12.5. The third kappa shape index (κ3) is 1.59. The largest absolute Gasteiger partial charge is 0.388 e. The van der Waals surface area contributed by atoms with Crippen LogP contribution in [0.25, 0.3) is 16.9 Å². The molecule has 2 heterocycles. The minimum Gasteiger partial charge on any atom is -0.388 e. The van der Waals surface area contributed by atoms with E-state index in [1.807, 2.05) is 30.3 Å². The lowest BCUT2D eigenvalue weighted by molar-refractivity contribution is 0.271. The minimum absolute atomic E-state index is 0.214. The Morgan fingerprint density at radius 1 is 1.28 bits per heavy atom. The quantitative estimate of drug-likeness (QED) is 0.689. The number of hydrogen-bond donors (Lipinski definition) is 2. The molecule has 6 heteroatoms. The molecule has 2 N–H and O–H groups in total. The maximum Gasteiger partial charge on any atom is 0.277 e. The van der Waals surface area contributed by atoms with Crippen LogP contribution in [0.15, 0.2) is 41.5 Å². The first-order chi connectivity index (χ1) is 8.79. The van der Waals surface area contributed by atoms with Gasteiger partial charge in [-0.15, -0.1) is 0 Å². The fourth-order valence-corrected chi connectivity index (χ4v) is 1.84. The van der Waals surface area contributed by atoms with Crippen LogP contribution in [0.4, 0.5) is 0 Å². The van der Waals surface area contributed by atoms with Crippen molar-refractivity contribution in [3.63, 3.8) is 0 Å². The number of imidazole rings is 1. The number of aliphatic hydroxyl groups is 1. The van der Waals surface area contributed by atoms with Gasteiger partial charge in [-0.2, -0.15) is 0 Å². The van der Waals surface area contributed by atoms with Crippen molar-refractivity contribution in [2.45, 2.75) is 6.61 Å². The lowest BCUT2D eigenvalue weighted by Crippen LogP contribution is -2.14. The highest BCUT2D eigenvalue weighted by Crippen LogP contribution is 2.12. The van der Waals surface area contributed by atoms with Gasteiger partial charge in [0.15, 0.2) is 11.2 Å². The van der Waals surface area contributed by atoms with E-state index in [0.29, 0.717) is 11.2 Å². The molecule has 0 aliphatic heterocycles. The standard InChI is InChI=1S/C12H10N4O2/c17-6-9-14-11-10(12(18)15-9)16(7-13-11)8-4-2-1-3-5-8/h1-5,7,17H,6H2,(H,14,15,18). The van der Waals surface area contributed by atoms with Crippen LogP contribution < -0.4 is 5.56 Å². The van der Waals surface area contributed by atoms with E-state index < -0.39 is 0 Å². The van der Waals surface area contributed by atoms with Crippen molar-refractivity contribution in [2.75, 3.05) is 0 Å². The normalized spacial score (nSPS) is 10.9. The fourth-order valence-electron chi connectivity index (χ4n) is 1.84. The highest BCUT2D eigenvalue weighted by molar-refractivity contribution is 5.72. The Morgan fingerprint density at radius 3 is 2.78 bits per heavy atom. The molecule has 18 heavy (non-hydrogen) atoms. The Hall–Kier alpha value is -2.47. The second-order valence-corrected chi connectivity index (χ2v) is 3.79. The van der Waals surface area contributed by atoms with Gasteiger partial charge in [-0.05, 0) is 12.1 Å². The summed E-state index contributed by atoms with van der Waals surface area (Å²) in [4.78, 5) is 22.6. The molecule has 0 unspecified atom stereocenters. The van der Waals surface area contributed by atoms with Crippen LogP contribution >= 0.6 is 0 Å². The molecule has 0 saturated heterocycles. The lowest BCUT2D eigenvalue weighted by atomic mass is 10.3. The third-order valence-electron chi connectivity index (χ3n) is 2.65. The topological polar surface area (TPSA) is 83.8 Å². The van der Waals surface area contributed by atoms with Gasteiger partial charge in [0.25, 0.3) is 5.56 Å². The van der Waals surface area contributed by atoms with Crippen molar-refractivity contribution in [1.82, 2.24) is 19.5 Å². The van der Waals surface area contributed by atoms with Crippen LogP contribution in [0.2, 0.25) is 0 Å². The molecule has 0 saturated carbocycles.